The minimum absolute atomic E-state index is 0.149. The van der Waals surface area contributed by atoms with Gasteiger partial charge in [0, 0.05) is 43.4 Å². The van der Waals surface area contributed by atoms with Crippen LogP contribution < -0.4 is 4.90 Å². The van der Waals surface area contributed by atoms with Gasteiger partial charge in [-0.05, 0) is 49.3 Å². The second kappa shape index (κ2) is 9.66. The van der Waals surface area contributed by atoms with Gasteiger partial charge < -0.3 is 9.80 Å². The van der Waals surface area contributed by atoms with Crippen LogP contribution in [0.15, 0.2) is 60.7 Å². The van der Waals surface area contributed by atoms with E-state index in [1.165, 1.54) is 27.0 Å². The van der Waals surface area contributed by atoms with Gasteiger partial charge in [-0.1, -0.05) is 60.7 Å². The lowest BCUT2D eigenvalue weighted by Crippen LogP contribution is -2.49. The summed E-state index contributed by atoms with van der Waals surface area (Å²) < 4.78 is 0. The summed E-state index contributed by atoms with van der Waals surface area (Å²) in [5.41, 5.74) is 3.88. The fourth-order valence-electron chi connectivity index (χ4n) is 5.42. The average Bonchev–Trinajstić information content (AvgIpc) is 3.68. The Balaban J connectivity index is 1.17. The van der Waals surface area contributed by atoms with Crippen LogP contribution in [-0.2, 0) is 17.6 Å². The number of benzene rings is 2. The molecule has 1 aliphatic carbocycles. The van der Waals surface area contributed by atoms with E-state index in [1.807, 2.05) is 6.07 Å². The fourth-order valence-corrected chi connectivity index (χ4v) is 6.47. The minimum Gasteiger partial charge on any atom is -0.352 e. The number of hydrogen-bond acceptors (Lipinski definition) is 5. The lowest BCUT2D eigenvalue weighted by molar-refractivity contribution is -0.133. The van der Waals surface area contributed by atoms with Gasteiger partial charge >= 0.3 is 0 Å². The molecule has 0 spiro atoms. The molecule has 0 radical (unpaired) electrons. The third kappa shape index (κ3) is 4.50. The molecule has 1 amide bonds. The second-order valence-corrected chi connectivity index (χ2v) is 11.3. The predicted molar refractivity (Wildman–Crippen MR) is 147 cm³/mol. The Kier molecular flexibility index (Phi) is 6.22. The minimum atomic E-state index is 0.149. The van der Waals surface area contributed by atoms with Gasteiger partial charge in [-0.2, -0.15) is 0 Å². The standard InChI is InChI=1S/C30H32N4OS/c1-20-21(2)36-29-27(20)28(31-26(32-29)14-13-22-9-5-3-6-10-22)33-15-17-34(18-16-33)30(35)25-19-24(25)23-11-7-4-8-12-23/h3-12,24-25H,13-19H2,1-2H3/t24-,25+/m0/s1. The van der Waals surface area contributed by atoms with E-state index in [0.717, 1.165) is 61.9 Å². The Morgan fingerprint density at radius 2 is 1.61 bits per heavy atom. The second-order valence-electron chi connectivity index (χ2n) is 10.1. The van der Waals surface area contributed by atoms with E-state index in [0.29, 0.717) is 11.8 Å². The number of aryl methyl sites for hydroxylation is 4. The van der Waals surface area contributed by atoms with Crippen LogP contribution in [0.1, 0.15) is 39.7 Å². The van der Waals surface area contributed by atoms with E-state index < -0.39 is 0 Å². The lowest BCUT2D eigenvalue weighted by atomic mass is 10.1. The van der Waals surface area contributed by atoms with Crippen molar-refractivity contribution < 1.29 is 4.79 Å². The number of amides is 1. The van der Waals surface area contributed by atoms with Crippen LogP contribution in [0, 0.1) is 19.8 Å². The largest absolute Gasteiger partial charge is 0.352 e. The first-order valence-corrected chi connectivity index (χ1v) is 13.8. The zero-order valence-electron chi connectivity index (χ0n) is 21.0. The number of nitrogens with zero attached hydrogens (tertiary/aromatic N) is 4. The zero-order valence-corrected chi connectivity index (χ0v) is 21.8. The normalized spacial score (nSPS) is 19.6. The van der Waals surface area contributed by atoms with E-state index in [-0.39, 0.29) is 5.92 Å². The van der Waals surface area contributed by atoms with Gasteiger partial charge in [-0.15, -0.1) is 11.3 Å². The molecule has 2 fully saturated rings. The summed E-state index contributed by atoms with van der Waals surface area (Å²) in [6, 6.07) is 21.0. The Labute approximate surface area is 216 Å². The molecule has 6 heteroatoms. The van der Waals surface area contributed by atoms with Crippen LogP contribution in [0.2, 0.25) is 0 Å². The highest BCUT2D eigenvalue weighted by molar-refractivity contribution is 7.18. The van der Waals surface area contributed by atoms with Crippen molar-refractivity contribution in [3.05, 3.63) is 88.1 Å². The third-order valence-electron chi connectivity index (χ3n) is 7.76. The molecule has 2 aromatic carbocycles. The molecule has 1 saturated heterocycles. The van der Waals surface area contributed by atoms with Crippen LogP contribution in [0.5, 0.6) is 0 Å². The number of rotatable bonds is 6. The quantitative estimate of drug-likeness (QED) is 0.351. The van der Waals surface area contributed by atoms with Gasteiger partial charge in [-0.3, -0.25) is 4.79 Å². The maximum atomic E-state index is 13.2. The van der Waals surface area contributed by atoms with Gasteiger partial charge in [-0.25, -0.2) is 9.97 Å². The van der Waals surface area contributed by atoms with Gasteiger partial charge in [0.25, 0.3) is 0 Å². The van der Waals surface area contributed by atoms with Crippen LogP contribution in [-0.4, -0.2) is 47.0 Å². The first-order valence-electron chi connectivity index (χ1n) is 13.0. The Morgan fingerprint density at radius 3 is 2.33 bits per heavy atom. The van der Waals surface area contributed by atoms with E-state index >= 15 is 0 Å². The highest BCUT2D eigenvalue weighted by atomic mass is 32.1. The molecule has 0 bridgehead atoms. The number of thiophene rings is 1. The summed E-state index contributed by atoms with van der Waals surface area (Å²) >= 11 is 1.77. The number of carbonyl (C=O) groups excluding carboxylic acids is 1. The van der Waals surface area contributed by atoms with Gasteiger partial charge in [0.1, 0.15) is 16.5 Å². The van der Waals surface area contributed by atoms with Crippen molar-refractivity contribution in [1.29, 1.82) is 0 Å². The summed E-state index contributed by atoms with van der Waals surface area (Å²) in [7, 11) is 0. The summed E-state index contributed by atoms with van der Waals surface area (Å²) in [6.07, 6.45) is 2.74. The van der Waals surface area contributed by atoms with Crippen LogP contribution >= 0.6 is 11.3 Å². The number of hydrogen-bond donors (Lipinski definition) is 0. The molecule has 1 aliphatic heterocycles. The molecule has 5 nitrogen and oxygen atoms in total. The van der Waals surface area contributed by atoms with Crippen LogP contribution in [0.4, 0.5) is 5.82 Å². The van der Waals surface area contributed by atoms with Gasteiger partial charge in [0.15, 0.2) is 0 Å². The summed E-state index contributed by atoms with van der Waals surface area (Å²) in [5, 5.41) is 1.19. The lowest BCUT2D eigenvalue weighted by Gasteiger charge is -2.36. The first kappa shape index (κ1) is 23.2. The van der Waals surface area contributed by atoms with Crippen molar-refractivity contribution in [2.45, 2.75) is 39.0 Å². The Morgan fingerprint density at radius 1 is 0.917 bits per heavy atom. The number of fused-ring (bicyclic) bond motifs is 1. The highest BCUT2D eigenvalue weighted by Crippen LogP contribution is 2.48. The molecular formula is C30H32N4OS. The maximum Gasteiger partial charge on any atom is 0.226 e. The van der Waals surface area contributed by atoms with Crippen molar-refractivity contribution >= 4 is 33.3 Å². The molecule has 2 aromatic heterocycles. The number of carbonyl (C=O) groups is 1. The van der Waals surface area contributed by atoms with E-state index in [1.54, 1.807) is 11.3 Å². The molecule has 2 atom stereocenters. The van der Waals surface area contributed by atoms with Gasteiger partial charge in [0.05, 0.1) is 5.39 Å². The molecule has 3 heterocycles. The van der Waals surface area contributed by atoms with Crippen molar-refractivity contribution in [2.75, 3.05) is 31.1 Å². The molecule has 6 rings (SSSR count). The average molecular weight is 497 g/mol. The first-order chi connectivity index (χ1) is 17.6. The molecule has 0 unspecified atom stereocenters. The van der Waals surface area contributed by atoms with Gasteiger partial charge in [0.2, 0.25) is 5.91 Å². The van der Waals surface area contributed by atoms with Crippen LogP contribution in [0.3, 0.4) is 0 Å². The van der Waals surface area contributed by atoms with E-state index in [2.05, 4.69) is 78.2 Å². The molecule has 0 N–H and O–H groups in total. The SMILES string of the molecule is Cc1sc2nc(CCc3ccccc3)nc(N3CCN(C(=O)[C@@H]4C[C@H]4c4ccccc4)CC3)c2c1C. The molecule has 1 saturated carbocycles. The molecule has 4 aromatic rings. The summed E-state index contributed by atoms with van der Waals surface area (Å²) in [6.45, 7) is 7.49. The zero-order chi connectivity index (χ0) is 24.6. The summed E-state index contributed by atoms with van der Waals surface area (Å²) in [4.78, 5) is 30.1. The number of aromatic nitrogens is 2. The van der Waals surface area contributed by atoms with Crippen molar-refractivity contribution in [3.63, 3.8) is 0 Å². The van der Waals surface area contributed by atoms with E-state index in [9.17, 15) is 4.79 Å². The van der Waals surface area contributed by atoms with Crippen molar-refractivity contribution in [1.82, 2.24) is 14.9 Å². The number of anilines is 1. The van der Waals surface area contributed by atoms with E-state index in [4.69, 9.17) is 9.97 Å². The van der Waals surface area contributed by atoms with Crippen LogP contribution in [0.25, 0.3) is 10.2 Å². The summed E-state index contributed by atoms with van der Waals surface area (Å²) in [5.74, 6) is 2.82. The smallest absolute Gasteiger partial charge is 0.226 e. The highest BCUT2D eigenvalue weighted by Gasteiger charge is 2.46. The molecular weight excluding hydrogens is 464 g/mol. The van der Waals surface area contributed by atoms with Crippen molar-refractivity contribution in [2.24, 2.45) is 5.92 Å². The topological polar surface area (TPSA) is 49.3 Å². The maximum absolute atomic E-state index is 13.2. The molecule has 2 aliphatic rings. The predicted octanol–water partition coefficient (Wildman–Crippen LogP) is 5.55. The Bertz CT molecular complexity index is 1380. The Hall–Kier alpha value is -3.25. The molecule has 36 heavy (non-hydrogen) atoms. The molecule has 184 valence electrons. The fraction of sp³-hybridized carbons (Fsp3) is 0.367. The third-order valence-corrected chi connectivity index (χ3v) is 8.86. The monoisotopic (exact) mass is 496 g/mol. The van der Waals surface area contributed by atoms with Crippen molar-refractivity contribution in [3.8, 4) is 0 Å². The number of piperazine rings is 1.